The van der Waals surface area contributed by atoms with Crippen LogP contribution in [-0.2, 0) is 0 Å². The molecule has 0 amide bonds. The highest BCUT2D eigenvalue weighted by Crippen LogP contribution is 2.23. The van der Waals surface area contributed by atoms with E-state index in [2.05, 4.69) is 43.2 Å². The Hall–Kier alpha value is -2.80. The number of nitrogens with zero attached hydrogens (tertiary/aromatic N) is 5. The second-order valence-corrected chi connectivity index (χ2v) is 7.08. The van der Waals surface area contributed by atoms with Crippen LogP contribution in [0.1, 0.15) is 6.92 Å². The first kappa shape index (κ1) is 19.5. The summed E-state index contributed by atoms with van der Waals surface area (Å²) in [6.07, 6.45) is 0. The highest BCUT2D eigenvalue weighted by atomic mass is 16.6. The van der Waals surface area contributed by atoms with Crippen LogP contribution < -0.4 is 4.90 Å². The molecule has 0 aliphatic heterocycles. The highest BCUT2D eigenvalue weighted by Gasteiger charge is 2.11. The third-order valence-corrected chi connectivity index (χ3v) is 3.98. The largest absolute Gasteiger partial charge is 0.366 e. The molecule has 0 N–H and O–H groups in total. The lowest BCUT2D eigenvalue weighted by Crippen LogP contribution is -2.42. The van der Waals surface area contributed by atoms with E-state index in [9.17, 15) is 10.1 Å². The summed E-state index contributed by atoms with van der Waals surface area (Å²) in [6, 6.07) is 14.0. The van der Waals surface area contributed by atoms with Crippen LogP contribution in [0.15, 0.2) is 58.8 Å². The number of hydrogen-bond donors (Lipinski definition) is 0. The number of benzene rings is 2. The molecule has 0 radical (unpaired) electrons. The Balaban J connectivity index is 2.02. The third kappa shape index (κ3) is 5.93. The summed E-state index contributed by atoms with van der Waals surface area (Å²) in [6.45, 7) is 5.15. The van der Waals surface area contributed by atoms with Crippen molar-refractivity contribution >= 4 is 22.7 Å². The van der Waals surface area contributed by atoms with Gasteiger partial charge in [-0.05, 0) is 43.3 Å². The van der Waals surface area contributed by atoms with Crippen LogP contribution in [0.3, 0.4) is 0 Å². The number of rotatable bonds is 8. The van der Waals surface area contributed by atoms with Gasteiger partial charge in [0.25, 0.3) is 5.69 Å². The predicted molar refractivity (Wildman–Crippen MR) is 105 cm³/mol. The summed E-state index contributed by atoms with van der Waals surface area (Å²) < 4.78 is 0.929. The predicted octanol–water partition coefficient (Wildman–Crippen LogP) is 4.54. The first-order chi connectivity index (χ1) is 12.3. The molecule has 0 aromatic heterocycles. The molecule has 0 fully saturated rings. The van der Waals surface area contributed by atoms with Crippen molar-refractivity contribution in [1.29, 1.82) is 0 Å². The zero-order valence-electron chi connectivity index (χ0n) is 15.8. The smallest absolute Gasteiger partial charge is 0.269 e. The summed E-state index contributed by atoms with van der Waals surface area (Å²) in [5.74, 6) is 0. The van der Waals surface area contributed by atoms with E-state index in [1.807, 2.05) is 24.3 Å². The van der Waals surface area contributed by atoms with Crippen LogP contribution >= 0.6 is 0 Å². The minimum absolute atomic E-state index is 0.0434. The zero-order valence-corrected chi connectivity index (χ0v) is 15.8. The Kier molecular flexibility index (Phi) is 6.41. The quantitative estimate of drug-likeness (QED) is 0.302. The fraction of sp³-hybridized carbons (Fsp3) is 0.368. The summed E-state index contributed by atoms with van der Waals surface area (Å²) in [4.78, 5) is 12.6. The maximum absolute atomic E-state index is 10.7. The molecule has 0 spiro atoms. The molecular formula is C19H26N5O2+. The fourth-order valence-corrected chi connectivity index (χ4v) is 2.38. The van der Waals surface area contributed by atoms with E-state index >= 15 is 0 Å². The summed E-state index contributed by atoms with van der Waals surface area (Å²) >= 11 is 0. The van der Waals surface area contributed by atoms with Gasteiger partial charge in [0.1, 0.15) is 0 Å². The van der Waals surface area contributed by atoms with E-state index in [1.165, 1.54) is 12.1 Å². The highest BCUT2D eigenvalue weighted by molar-refractivity contribution is 5.53. The van der Waals surface area contributed by atoms with Gasteiger partial charge in [-0.25, -0.2) is 0 Å². The topological polar surface area (TPSA) is 71.1 Å². The normalized spacial score (nSPS) is 11.7. The maximum atomic E-state index is 10.7. The van der Waals surface area contributed by atoms with Crippen LogP contribution in [0.5, 0.6) is 0 Å². The molecule has 0 atom stereocenters. The third-order valence-electron chi connectivity index (χ3n) is 3.98. The molecule has 7 nitrogen and oxygen atoms in total. The summed E-state index contributed by atoms with van der Waals surface area (Å²) in [5, 5.41) is 19.0. The molecule has 0 saturated carbocycles. The second-order valence-electron chi connectivity index (χ2n) is 7.08. The van der Waals surface area contributed by atoms with Crippen molar-refractivity contribution in [1.82, 2.24) is 0 Å². The number of anilines is 1. The van der Waals surface area contributed by atoms with Gasteiger partial charge in [-0.2, -0.15) is 10.2 Å². The van der Waals surface area contributed by atoms with Crippen molar-refractivity contribution in [3.63, 3.8) is 0 Å². The van der Waals surface area contributed by atoms with Crippen LogP contribution in [0.4, 0.5) is 22.7 Å². The summed E-state index contributed by atoms with van der Waals surface area (Å²) in [5.41, 5.74) is 2.53. The average molecular weight is 356 g/mol. The fourth-order valence-electron chi connectivity index (χ4n) is 2.38. The lowest BCUT2D eigenvalue weighted by atomic mass is 10.2. The van der Waals surface area contributed by atoms with Crippen LogP contribution in [-0.4, -0.2) is 50.2 Å². The van der Waals surface area contributed by atoms with E-state index in [4.69, 9.17) is 0 Å². The van der Waals surface area contributed by atoms with Crippen LogP contribution in [0.2, 0.25) is 0 Å². The lowest BCUT2D eigenvalue weighted by molar-refractivity contribution is -0.868. The van der Waals surface area contributed by atoms with Gasteiger partial charge < -0.3 is 9.38 Å². The van der Waals surface area contributed by atoms with Crippen LogP contribution in [0.25, 0.3) is 0 Å². The Morgan fingerprint density at radius 1 is 0.962 bits per heavy atom. The first-order valence-electron chi connectivity index (χ1n) is 8.60. The molecule has 26 heavy (non-hydrogen) atoms. The molecule has 0 heterocycles. The minimum Gasteiger partial charge on any atom is -0.366 e. The number of azo groups is 1. The number of hydrogen-bond acceptors (Lipinski definition) is 5. The number of non-ortho nitro benzene ring substituents is 1. The Morgan fingerprint density at radius 2 is 1.46 bits per heavy atom. The number of likely N-dealkylation sites (N-methyl/N-ethyl adjacent to an activating group) is 2. The molecule has 0 aliphatic carbocycles. The van der Waals surface area contributed by atoms with Gasteiger partial charge in [0.05, 0.1) is 50.5 Å². The molecule has 0 unspecified atom stereocenters. The SMILES string of the molecule is CCN(CC[N+](C)(C)C)c1ccc(N=Nc2ccc([N+](=O)[O-])cc2)cc1. The Labute approximate surface area is 154 Å². The van der Waals surface area contributed by atoms with Crippen molar-refractivity contribution in [3.05, 3.63) is 58.6 Å². The van der Waals surface area contributed by atoms with E-state index in [-0.39, 0.29) is 5.69 Å². The molecular weight excluding hydrogens is 330 g/mol. The molecule has 0 bridgehead atoms. The lowest BCUT2D eigenvalue weighted by Gasteiger charge is -2.29. The van der Waals surface area contributed by atoms with E-state index < -0.39 is 4.92 Å². The van der Waals surface area contributed by atoms with Gasteiger partial charge in [0, 0.05) is 24.4 Å². The van der Waals surface area contributed by atoms with Gasteiger partial charge in [-0.1, -0.05) is 0 Å². The molecule has 138 valence electrons. The number of quaternary nitrogens is 1. The molecule has 0 aliphatic rings. The number of nitro groups is 1. The van der Waals surface area contributed by atoms with Crippen molar-refractivity contribution in [2.45, 2.75) is 6.92 Å². The van der Waals surface area contributed by atoms with Gasteiger partial charge in [0.15, 0.2) is 0 Å². The maximum Gasteiger partial charge on any atom is 0.269 e. The molecule has 2 aromatic carbocycles. The number of nitro benzene ring substituents is 1. The monoisotopic (exact) mass is 356 g/mol. The van der Waals surface area contributed by atoms with Crippen molar-refractivity contribution in [2.75, 3.05) is 45.7 Å². The molecule has 0 saturated heterocycles. The van der Waals surface area contributed by atoms with E-state index in [0.29, 0.717) is 5.69 Å². The van der Waals surface area contributed by atoms with E-state index in [1.54, 1.807) is 12.1 Å². The first-order valence-corrected chi connectivity index (χ1v) is 8.60. The standard InChI is InChI=1S/C19H26N5O2/c1-5-22(14-15-24(2,3)4)18-10-6-16(7-11-18)20-21-17-8-12-19(13-9-17)23(25)26/h6-13H,5,14-15H2,1-4H3/q+1. The molecule has 7 heteroatoms. The van der Waals surface area contributed by atoms with Crippen molar-refractivity contribution < 1.29 is 9.41 Å². The molecule has 2 rings (SSSR count). The average Bonchev–Trinajstić information content (AvgIpc) is 2.61. The Morgan fingerprint density at radius 3 is 1.88 bits per heavy atom. The van der Waals surface area contributed by atoms with Gasteiger partial charge in [0.2, 0.25) is 0 Å². The van der Waals surface area contributed by atoms with E-state index in [0.717, 1.165) is 35.5 Å². The minimum atomic E-state index is -0.433. The van der Waals surface area contributed by atoms with Crippen molar-refractivity contribution in [2.24, 2.45) is 10.2 Å². The van der Waals surface area contributed by atoms with Crippen molar-refractivity contribution in [3.8, 4) is 0 Å². The molecule has 2 aromatic rings. The summed E-state index contributed by atoms with van der Waals surface area (Å²) in [7, 11) is 6.57. The zero-order chi connectivity index (χ0) is 19.2. The van der Waals surface area contributed by atoms with Gasteiger partial charge in [-0.3, -0.25) is 10.1 Å². The second kappa shape index (κ2) is 8.53. The van der Waals surface area contributed by atoms with Gasteiger partial charge >= 0.3 is 0 Å². The van der Waals surface area contributed by atoms with Gasteiger partial charge in [-0.15, -0.1) is 0 Å². The van der Waals surface area contributed by atoms with Crippen LogP contribution in [0, 0.1) is 10.1 Å². The Bertz CT molecular complexity index is 749.